The fourth-order valence-electron chi connectivity index (χ4n) is 5.30. The molecule has 198 valence electrons. The molecule has 1 N–H and O–H groups in total. The van der Waals surface area contributed by atoms with Gasteiger partial charge in [-0.25, -0.2) is 4.98 Å². The summed E-state index contributed by atoms with van der Waals surface area (Å²) in [5, 5.41) is 14.2. The van der Waals surface area contributed by atoms with Crippen molar-refractivity contribution >= 4 is 34.1 Å². The summed E-state index contributed by atoms with van der Waals surface area (Å²) < 4.78 is 17.7. The summed E-state index contributed by atoms with van der Waals surface area (Å²) in [5.74, 6) is 3.10. The van der Waals surface area contributed by atoms with E-state index in [1.165, 1.54) is 16.3 Å². The fourth-order valence-corrected chi connectivity index (χ4v) is 5.30. The van der Waals surface area contributed by atoms with Gasteiger partial charge in [0, 0.05) is 19.0 Å². The molecule has 6 rings (SSSR count). The van der Waals surface area contributed by atoms with Crippen molar-refractivity contribution in [2.24, 2.45) is 0 Å². The number of rotatable bonds is 8. The molecule has 2 aromatic heterocycles. The van der Waals surface area contributed by atoms with Gasteiger partial charge < -0.3 is 23.6 Å². The summed E-state index contributed by atoms with van der Waals surface area (Å²) in [7, 11) is 0. The first kappa shape index (κ1) is 26.3. The fraction of sp³-hybridized carbons (Fsp3) is 0.323. The maximum absolute atomic E-state index is 10.7. The van der Waals surface area contributed by atoms with E-state index in [0.717, 1.165) is 43.5 Å². The highest BCUT2D eigenvalue weighted by Gasteiger charge is 2.23. The van der Waals surface area contributed by atoms with E-state index in [4.69, 9.17) is 13.6 Å². The maximum atomic E-state index is 10.7. The third-order valence-electron chi connectivity index (χ3n) is 7.37. The Morgan fingerprint density at radius 1 is 1.00 bits per heavy atom. The molecule has 38 heavy (non-hydrogen) atoms. The summed E-state index contributed by atoms with van der Waals surface area (Å²) >= 11 is 0. The van der Waals surface area contributed by atoms with E-state index in [9.17, 15) is 5.11 Å². The second-order valence-electron chi connectivity index (χ2n) is 9.91. The summed E-state index contributed by atoms with van der Waals surface area (Å²) in [6, 6.07) is 23.0. The predicted molar refractivity (Wildman–Crippen MR) is 152 cm³/mol. The lowest BCUT2D eigenvalue weighted by Crippen LogP contribution is -2.40. The highest BCUT2D eigenvalue weighted by Crippen LogP contribution is 2.34. The number of likely N-dealkylation sites (tertiary alicyclic amines) is 1. The zero-order valence-corrected chi connectivity index (χ0v) is 22.3. The lowest BCUT2D eigenvalue weighted by atomic mass is 9.88. The number of hydrogen-bond acceptors (Lipinski definition) is 6. The van der Waals surface area contributed by atoms with Crippen LogP contribution in [0.25, 0.3) is 33.4 Å². The van der Waals surface area contributed by atoms with Gasteiger partial charge in [-0.3, -0.25) is 0 Å². The molecule has 0 radical (unpaired) electrons. The van der Waals surface area contributed by atoms with Crippen LogP contribution < -0.4 is 4.74 Å². The molecule has 0 bridgehead atoms. The largest absolute Gasteiger partial charge is 0.490 e. The van der Waals surface area contributed by atoms with Gasteiger partial charge in [0.15, 0.2) is 5.76 Å². The van der Waals surface area contributed by atoms with Crippen molar-refractivity contribution in [3.8, 4) is 17.4 Å². The molecule has 0 spiro atoms. The molecule has 0 amide bonds. The van der Waals surface area contributed by atoms with Crippen LogP contribution in [-0.2, 0) is 6.42 Å². The molecule has 1 saturated heterocycles. The average molecular weight is 533 g/mol. The van der Waals surface area contributed by atoms with Crippen molar-refractivity contribution < 1.29 is 18.7 Å². The van der Waals surface area contributed by atoms with Crippen LogP contribution in [0.3, 0.4) is 0 Å². The van der Waals surface area contributed by atoms with Crippen LogP contribution in [0.1, 0.15) is 37.0 Å². The van der Waals surface area contributed by atoms with Gasteiger partial charge in [-0.05, 0) is 60.3 Å². The molecule has 1 fully saturated rings. The van der Waals surface area contributed by atoms with Gasteiger partial charge in [-0.2, -0.15) is 0 Å². The second-order valence-corrected chi connectivity index (χ2v) is 9.91. The monoisotopic (exact) mass is 532 g/mol. The van der Waals surface area contributed by atoms with E-state index < -0.39 is 6.10 Å². The number of nitrogens with zero attached hydrogens (tertiary/aromatic N) is 2. The lowest BCUT2D eigenvalue weighted by molar-refractivity contribution is 0.0599. The van der Waals surface area contributed by atoms with E-state index >= 15 is 0 Å². The van der Waals surface area contributed by atoms with E-state index in [-0.39, 0.29) is 19.0 Å². The molecule has 0 aliphatic carbocycles. The zero-order valence-electron chi connectivity index (χ0n) is 21.5. The van der Waals surface area contributed by atoms with Crippen LogP contribution in [0.15, 0.2) is 81.8 Å². The second kappa shape index (κ2) is 11.6. The number of halogens is 1. The number of aliphatic hydroxyl groups is 1. The van der Waals surface area contributed by atoms with Crippen molar-refractivity contribution in [2.45, 2.75) is 38.2 Å². The molecular formula is C31H33ClN2O4. The van der Waals surface area contributed by atoms with Crippen LogP contribution in [0.5, 0.6) is 5.75 Å². The van der Waals surface area contributed by atoms with Gasteiger partial charge >= 0.3 is 0 Å². The first-order valence-electron chi connectivity index (χ1n) is 13.2. The standard InChI is InChI=1S/C31H32N2O4.ClH/c1-2-26-18-32-31(36-26)30-17-27-28(8-5-9-29(27)37-30)35-20-25(34)19-33-14-12-22(13-15-33)24-11-10-21-6-3-4-7-23(21)16-24;/h3-11,16-18,22,25,34H,2,12-15,19-20H2,1H3;1H/t25-;/m0./s1. The highest BCUT2D eigenvalue weighted by molar-refractivity contribution is 5.87. The quantitative estimate of drug-likeness (QED) is 0.236. The number of β-amino-alcohol motifs (C(OH)–C–C–N with tert-alkyl or cyclic N) is 1. The zero-order chi connectivity index (χ0) is 25.2. The Labute approximate surface area is 228 Å². The first-order valence-corrected chi connectivity index (χ1v) is 13.2. The lowest BCUT2D eigenvalue weighted by Gasteiger charge is -2.33. The minimum Gasteiger partial charge on any atom is -0.490 e. The van der Waals surface area contributed by atoms with Gasteiger partial charge in [0.2, 0.25) is 0 Å². The Kier molecular flexibility index (Phi) is 8.03. The van der Waals surface area contributed by atoms with Crippen molar-refractivity contribution in [3.05, 3.63) is 84.3 Å². The van der Waals surface area contributed by atoms with Gasteiger partial charge in [-0.1, -0.05) is 55.5 Å². The van der Waals surface area contributed by atoms with Crippen LogP contribution in [0, 0.1) is 0 Å². The molecule has 3 aromatic carbocycles. The normalized spacial score (nSPS) is 15.5. The Balaban J connectivity index is 0.00000294. The summed E-state index contributed by atoms with van der Waals surface area (Å²) in [6.45, 7) is 4.81. The number of aliphatic hydroxyl groups excluding tert-OH is 1. The molecule has 1 aliphatic heterocycles. The van der Waals surface area contributed by atoms with Crippen LogP contribution in [0.2, 0.25) is 0 Å². The smallest absolute Gasteiger partial charge is 0.263 e. The Morgan fingerprint density at radius 3 is 2.61 bits per heavy atom. The van der Waals surface area contributed by atoms with Crippen LogP contribution >= 0.6 is 12.4 Å². The van der Waals surface area contributed by atoms with Gasteiger partial charge in [0.05, 0.1) is 11.6 Å². The maximum Gasteiger partial charge on any atom is 0.263 e. The molecule has 6 nitrogen and oxygen atoms in total. The molecule has 0 saturated carbocycles. The number of benzene rings is 3. The Morgan fingerprint density at radius 2 is 1.82 bits per heavy atom. The minimum atomic E-state index is -0.572. The number of ether oxygens (including phenoxy) is 1. The van der Waals surface area contributed by atoms with Gasteiger partial charge in [0.25, 0.3) is 5.89 Å². The molecule has 3 heterocycles. The number of aromatic nitrogens is 1. The summed E-state index contributed by atoms with van der Waals surface area (Å²) in [4.78, 5) is 6.66. The summed E-state index contributed by atoms with van der Waals surface area (Å²) in [6.07, 6.45) is 4.13. The Hall–Kier alpha value is -3.32. The number of furan rings is 1. The molecule has 1 atom stereocenters. The van der Waals surface area contributed by atoms with Gasteiger partial charge in [0.1, 0.15) is 29.8 Å². The SMILES string of the molecule is CCc1cnc(-c2cc3c(OC[C@@H](O)CN4CCC(c5ccc6ccccc6c5)CC4)cccc3o2)o1.Cl. The molecular weight excluding hydrogens is 500 g/mol. The van der Waals surface area contributed by atoms with Crippen molar-refractivity contribution in [3.63, 3.8) is 0 Å². The predicted octanol–water partition coefficient (Wildman–Crippen LogP) is 6.84. The molecule has 7 heteroatoms. The number of hydrogen-bond donors (Lipinski definition) is 1. The van der Waals surface area contributed by atoms with Crippen molar-refractivity contribution in [2.75, 3.05) is 26.2 Å². The van der Waals surface area contributed by atoms with Crippen LogP contribution in [-0.4, -0.2) is 47.3 Å². The number of aryl methyl sites for hydroxylation is 1. The van der Waals surface area contributed by atoms with E-state index in [0.29, 0.717) is 35.4 Å². The van der Waals surface area contributed by atoms with Crippen molar-refractivity contribution in [1.29, 1.82) is 0 Å². The average Bonchev–Trinajstić information content (AvgIpc) is 3.59. The summed E-state index contributed by atoms with van der Waals surface area (Å²) in [5.41, 5.74) is 2.12. The third-order valence-corrected chi connectivity index (χ3v) is 7.37. The number of oxazole rings is 1. The third kappa shape index (κ3) is 5.58. The molecule has 0 unspecified atom stereocenters. The Bertz CT molecular complexity index is 1500. The van der Waals surface area contributed by atoms with Crippen LogP contribution in [0.4, 0.5) is 0 Å². The topological polar surface area (TPSA) is 71.9 Å². The number of fused-ring (bicyclic) bond motifs is 2. The van der Waals surface area contributed by atoms with E-state index in [2.05, 4.69) is 52.3 Å². The number of piperidine rings is 1. The van der Waals surface area contributed by atoms with Crippen molar-refractivity contribution in [1.82, 2.24) is 9.88 Å². The molecule has 5 aromatic rings. The highest BCUT2D eigenvalue weighted by atomic mass is 35.5. The van der Waals surface area contributed by atoms with E-state index in [1.807, 2.05) is 31.2 Å². The van der Waals surface area contributed by atoms with E-state index in [1.54, 1.807) is 6.20 Å². The minimum absolute atomic E-state index is 0. The first-order chi connectivity index (χ1) is 18.2. The molecule has 1 aliphatic rings. The van der Waals surface area contributed by atoms with Gasteiger partial charge in [-0.15, -0.1) is 12.4 Å².